The number of amides is 6. The highest BCUT2D eigenvalue weighted by atomic mass is 32.2. The Hall–Kier alpha value is -6.18. The van der Waals surface area contributed by atoms with Crippen LogP contribution in [0.1, 0.15) is 102 Å². The van der Waals surface area contributed by atoms with E-state index in [1.54, 1.807) is 49.0 Å². The maximum atomic E-state index is 14.0. The van der Waals surface area contributed by atoms with Gasteiger partial charge in [-0.15, -0.1) is 0 Å². The lowest BCUT2D eigenvalue weighted by molar-refractivity contribution is -0.134. The summed E-state index contributed by atoms with van der Waals surface area (Å²) < 4.78 is 38.0. The van der Waals surface area contributed by atoms with Crippen LogP contribution in [0.2, 0.25) is 0 Å². The number of rotatable bonds is 20. The standard InChI is InChI=1S/C47H58N8O10S/c1-5-65-38-27-30(18-20-37(38)64-3)36(29-66(4,62)63)55-46(60)31-13-11-15-34(42(31)47(55)61)48-39(56)17-9-7-6-8-10-22-53-23-25-54(26-24-53)28-41(58)49-35-16-12-14-32-43(51-52(2)44(32)35)33-19-21-40(57)50-45(33)59/h11-16,18,20,27,33,36H,5-10,17,19,21-26,28-29H2,1-4H3,(H,48,56)(H,49,58)(H,50,57,59)/t33?,36-/m1/s1. The smallest absolute Gasteiger partial charge is 0.264 e. The van der Waals surface area contributed by atoms with Gasteiger partial charge in [0.2, 0.25) is 23.6 Å². The number of carbonyl (C=O) groups excluding carboxylic acids is 6. The predicted molar refractivity (Wildman–Crippen MR) is 247 cm³/mol. The maximum absolute atomic E-state index is 14.0. The molecule has 3 aliphatic rings. The van der Waals surface area contributed by atoms with Gasteiger partial charge < -0.3 is 25.0 Å². The molecule has 0 radical (unpaired) electrons. The number of piperazine rings is 1. The van der Waals surface area contributed by atoms with Crippen molar-refractivity contribution in [3.63, 3.8) is 0 Å². The van der Waals surface area contributed by atoms with Gasteiger partial charge in [-0.05, 0) is 68.6 Å². The van der Waals surface area contributed by atoms with E-state index >= 15 is 0 Å². The molecule has 0 spiro atoms. The average molecular weight is 927 g/mol. The molecule has 0 aliphatic carbocycles. The fraction of sp³-hybridized carbons (Fsp3) is 0.468. The van der Waals surface area contributed by atoms with E-state index in [9.17, 15) is 37.2 Å². The molecule has 3 N–H and O–H groups in total. The first-order valence-corrected chi connectivity index (χ1v) is 24.5. The summed E-state index contributed by atoms with van der Waals surface area (Å²) in [4.78, 5) is 83.9. The molecule has 1 aromatic heterocycles. The molecule has 352 valence electrons. The molecule has 66 heavy (non-hydrogen) atoms. The molecule has 0 bridgehead atoms. The number of hydrogen-bond acceptors (Lipinski definition) is 13. The lowest BCUT2D eigenvalue weighted by Gasteiger charge is -2.34. The normalized spacial score (nSPS) is 17.5. The summed E-state index contributed by atoms with van der Waals surface area (Å²) in [7, 11) is -0.426. The van der Waals surface area contributed by atoms with Crippen LogP contribution >= 0.6 is 0 Å². The Bertz CT molecular complexity index is 2620. The van der Waals surface area contributed by atoms with Crippen LogP contribution in [0.15, 0.2) is 54.6 Å². The zero-order chi connectivity index (χ0) is 47.1. The second-order valence-corrected chi connectivity index (χ2v) is 19.3. The molecule has 2 saturated heterocycles. The molecule has 18 nitrogen and oxygen atoms in total. The van der Waals surface area contributed by atoms with Crippen LogP contribution in [0.4, 0.5) is 11.4 Å². The number of benzene rings is 3. The van der Waals surface area contributed by atoms with E-state index in [0.29, 0.717) is 47.9 Å². The van der Waals surface area contributed by atoms with Crippen LogP contribution in [-0.4, -0.2) is 133 Å². The van der Waals surface area contributed by atoms with Crippen molar-refractivity contribution < 1.29 is 46.7 Å². The number of para-hydroxylation sites is 1. The highest BCUT2D eigenvalue weighted by Crippen LogP contribution is 2.39. The summed E-state index contributed by atoms with van der Waals surface area (Å²) in [6.45, 7) is 6.53. The third kappa shape index (κ3) is 11.1. The van der Waals surface area contributed by atoms with E-state index in [2.05, 4.69) is 30.8 Å². The minimum atomic E-state index is -3.68. The van der Waals surface area contributed by atoms with Crippen molar-refractivity contribution in [2.45, 2.75) is 70.3 Å². The molecule has 0 saturated carbocycles. The first-order chi connectivity index (χ1) is 31.6. The van der Waals surface area contributed by atoms with Gasteiger partial charge in [-0.25, -0.2) is 8.42 Å². The molecule has 6 amide bonds. The summed E-state index contributed by atoms with van der Waals surface area (Å²) in [5.74, 6) is -2.68. The highest BCUT2D eigenvalue weighted by molar-refractivity contribution is 7.90. The van der Waals surface area contributed by atoms with E-state index in [1.165, 1.54) is 13.2 Å². The average Bonchev–Trinajstić information content (AvgIpc) is 3.75. The van der Waals surface area contributed by atoms with E-state index < -0.39 is 39.4 Å². The van der Waals surface area contributed by atoms with Gasteiger partial charge >= 0.3 is 0 Å². The number of aromatic nitrogens is 2. The second-order valence-electron chi connectivity index (χ2n) is 17.1. The minimum Gasteiger partial charge on any atom is -0.493 e. The number of anilines is 2. The predicted octanol–water partition coefficient (Wildman–Crippen LogP) is 4.42. The number of sulfone groups is 1. The number of carbonyl (C=O) groups is 6. The first-order valence-electron chi connectivity index (χ1n) is 22.5. The second kappa shape index (κ2) is 21.0. The number of nitrogens with zero attached hydrogens (tertiary/aromatic N) is 5. The van der Waals surface area contributed by atoms with Gasteiger partial charge in [0.25, 0.3) is 11.8 Å². The molecule has 1 unspecified atom stereocenters. The highest BCUT2D eigenvalue weighted by Gasteiger charge is 2.43. The monoisotopic (exact) mass is 926 g/mol. The fourth-order valence-electron chi connectivity index (χ4n) is 9.07. The Morgan fingerprint density at radius 3 is 2.29 bits per heavy atom. The van der Waals surface area contributed by atoms with Crippen molar-refractivity contribution in [3.05, 3.63) is 77.0 Å². The molecule has 2 atom stereocenters. The van der Waals surface area contributed by atoms with Gasteiger partial charge in [-0.3, -0.25) is 48.6 Å². The number of methoxy groups -OCH3 is 1. The lowest BCUT2D eigenvalue weighted by atomic mass is 9.92. The van der Waals surface area contributed by atoms with E-state index in [1.807, 2.05) is 18.2 Å². The summed E-state index contributed by atoms with van der Waals surface area (Å²) in [6, 6.07) is 13.8. The lowest BCUT2D eigenvalue weighted by Crippen LogP contribution is -2.48. The summed E-state index contributed by atoms with van der Waals surface area (Å²) in [5, 5.41) is 13.7. The van der Waals surface area contributed by atoms with Crippen LogP contribution in [0.3, 0.4) is 0 Å². The van der Waals surface area contributed by atoms with Gasteiger partial charge in [0.15, 0.2) is 11.5 Å². The quantitative estimate of drug-likeness (QED) is 0.0828. The number of ether oxygens (including phenoxy) is 2. The zero-order valence-electron chi connectivity index (χ0n) is 37.9. The van der Waals surface area contributed by atoms with Crippen molar-refractivity contribution in [2.75, 3.05) is 75.6 Å². The number of piperidine rings is 1. The van der Waals surface area contributed by atoms with Crippen molar-refractivity contribution in [3.8, 4) is 11.5 Å². The SMILES string of the molecule is CCOc1cc([C@@H](CS(C)(=O)=O)N2C(=O)c3cccc(NC(=O)CCCCCCCN4CCN(CC(=O)Nc5cccc6c(C7CCC(=O)NC7=O)nn(C)c56)CC4)c3C2=O)ccc1OC. The number of imide groups is 2. The van der Waals surface area contributed by atoms with Gasteiger partial charge in [0.05, 0.1) is 71.7 Å². The van der Waals surface area contributed by atoms with Crippen LogP contribution in [-0.2, 0) is 36.1 Å². The molecular formula is C47H58N8O10S. The molecular weight excluding hydrogens is 869 g/mol. The van der Waals surface area contributed by atoms with Crippen LogP contribution in [0, 0.1) is 0 Å². The summed E-state index contributed by atoms with van der Waals surface area (Å²) >= 11 is 0. The van der Waals surface area contributed by atoms with Gasteiger partial charge in [-0.2, -0.15) is 5.10 Å². The topological polar surface area (TPSA) is 219 Å². The van der Waals surface area contributed by atoms with Gasteiger partial charge in [-0.1, -0.05) is 43.5 Å². The van der Waals surface area contributed by atoms with Crippen LogP contribution in [0.5, 0.6) is 11.5 Å². The van der Waals surface area contributed by atoms with Crippen molar-refractivity contribution in [1.29, 1.82) is 0 Å². The Morgan fingerprint density at radius 2 is 1.56 bits per heavy atom. The van der Waals surface area contributed by atoms with Gasteiger partial charge in [0, 0.05) is 57.7 Å². The molecule has 7 rings (SSSR count). The third-order valence-corrected chi connectivity index (χ3v) is 13.2. The molecule has 2 fully saturated rings. The Morgan fingerprint density at radius 1 is 0.864 bits per heavy atom. The Balaban J connectivity index is 0.824. The summed E-state index contributed by atoms with van der Waals surface area (Å²) in [5.41, 5.74) is 2.63. The zero-order valence-corrected chi connectivity index (χ0v) is 38.7. The first kappa shape index (κ1) is 47.8. The maximum Gasteiger partial charge on any atom is 0.264 e. The number of fused-ring (bicyclic) bond motifs is 2. The third-order valence-electron chi connectivity index (χ3n) is 12.3. The number of aryl methyl sites for hydroxylation is 1. The molecule has 3 aromatic carbocycles. The largest absolute Gasteiger partial charge is 0.493 e. The number of hydrogen-bond donors (Lipinski definition) is 3. The van der Waals surface area contributed by atoms with Crippen molar-refractivity contribution >= 4 is 67.6 Å². The number of nitrogens with one attached hydrogen (secondary N) is 3. The van der Waals surface area contributed by atoms with Crippen molar-refractivity contribution in [1.82, 2.24) is 29.8 Å². The fourth-order valence-corrected chi connectivity index (χ4v) is 9.99. The van der Waals surface area contributed by atoms with Crippen LogP contribution in [0.25, 0.3) is 10.9 Å². The Labute approximate surface area is 384 Å². The molecule has 19 heteroatoms. The van der Waals surface area contributed by atoms with Crippen LogP contribution < -0.4 is 25.4 Å². The Kier molecular flexibility index (Phi) is 15.2. The minimum absolute atomic E-state index is 0.0269. The number of unbranched alkanes of at least 4 members (excludes halogenated alkanes) is 4. The van der Waals surface area contributed by atoms with Gasteiger partial charge in [0.1, 0.15) is 9.84 Å². The molecule has 3 aliphatic heterocycles. The molecule has 4 heterocycles. The van der Waals surface area contributed by atoms with Crippen molar-refractivity contribution in [2.24, 2.45) is 7.05 Å². The van der Waals surface area contributed by atoms with E-state index in [-0.39, 0.29) is 59.8 Å². The molecule has 4 aromatic rings. The summed E-state index contributed by atoms with van der Waals surface area (Å²) in [6.07, 6.45) is 6.37. The van der Waals surface area contributed by atoms with E-state index in [0.717, 1.165) is 80.5 Å². The van der Waals surface area contributed by atoms with E-state index in [4.69, 9.17) is 9.47 Å².